The van der Waals surface area contributed by atoms with Crippen LogP contribution in [0.5, 0.6) is 0 Å². The van der Waals surface area contributed by atoms with E-state index in [-0.39, 0.29) is 18.5 Å². The van der Waals surface area contributed by atoms with Gasteiger partial charge in [0.25, 0.3) is 0 Å². The Hall–Kier alpha value is -2.87. The second-order valence-corrected chi connectivity index (χ2v) is 10.8. The van der Waals surface area contributed by atoms with Gasteiger partial charge in [-0.1, -0.05) is 63.2 Å². The molecule has 2 atom stereocenters. The van der Waals surface area contributed by atoms with Crippen molar-refractivity contribution in [3.8, 4) is 0 Å². The molecule has 0 aliphatic heterocycles. The lowest BCUT2D eigenvalue weighted by Crippen LogP contribution is -2.54. The van der Waals surface area contributed by atoms with Crippen LogP contribution < -0.4 is 9.62 Å². The third-order valence-corrected chi connectivity index (χ3v) is 7.32. The first-order valence-electron chi connectivity index (χ1n) is 12.3. The van der Waals surface area contributed by atoms with Crippen LogP contribution in [-0.2, 0) is 32.5 Å². The first kappa shape index (κ1) is 28.4. The molecule has 0 aromatic heterocycles. The number of carbonyl (C=O) groups is 2. The topological polar surface area (TPSA) is 86.8 Å². The number of anilines is 1. The molecule has 35 heavy (non-hydrogen) atoms. The molecule has 0 aliphatic rings. The summed E-state index contributed by atoms with van der Waals surface area (Å²) in [4.78, 5) is 28.2. The van der Waals surface area contributed by atoms with Crippen LogP contribution in [0.1, 0.15) is 51.7 Å². The number of amides is 2. The molecule has 0 bridgehead atoms. The molecule has 0 radical (unpaired) electrons. The number of carbonyl (C=O) groups excluding carboxylic acids is 2. The summed E-state index contributed by atoms with van der Waals surface area (Å²) in [6.45, 7) is 7.73. The molecule has 0 saturated carbocycles. The molecule has 2 rings (SSSR count). The van der Waals surface area contributed by atoms with Crippen molar-refractivity contribution in [1.82, 2.24) is 10.2 Å². The quantitative estimate of drug-likeness (QED) is 0.453. The molecule has 0 heterocycles. The summed E-state index contributed by atoms with van der Waals surface area (Å²) in [5.41, 5.74) is 2.54. The molecule has 0 spiro atoms. The second-order valence-electron chi connectivity index (χ2n) is 8.85. The molecule has 0 fully saturated rings. The molecule has 1 N–H and O–H groups in total. The zero-order valence-corrected chi connectivity index (χ0v) is 22.3. The number of nitrogens with zero attached hydrogens (tertiary/aromatic N) is 2. The van der Waals surface area contributed by atoms with Gasteiger partial charge in [-0.2, -0.15) is 0 Å². The van der Waals surface area contributed by atoms with Crippen molar-refractivity contribution in [2.24, 2.45) is 0 Å². The zero-order valence-electron chi connectivity index (χ0n) is 21.5. The first-order chi connectivity index (χ1) is 16.6. The molecule has 0 aliphatic carbocycles. The molecule has 0 unspecified atom stereocenters. The Kier molecular flexibility index (Phi) is 10.8. The highest BCUT2D eigenvalue weighted by molar-refractivity contribution is 7.92. The number of benzene rings is 2. The maximum Gasteiger partial charge on any atom is 0.244 e. The van der Waals surface area contributed by atoms with Crippen LogP contribution in [0.4, 0.5) is 5.69 Å². The van der Waals surface area contributed by atoms with Crippen molar-refractivity contribution in [3.05, 3.63) is 65.7 Å². The van der Waals surface area contributed by atoms with Gasteiger partial charge in [-0.25, -0.2) is 8.42 Å². The van der Waals surface area contributed by atoms with Crippen molar-refractivity contribution in [1.29, 1.82) is 0 Å². The van der Waals surface area contributed by atoms with Crippen molar-refractivity contribution < 1.29 is 18.0 Å². The number of rotatable bonds is 13. The van der Waals surface area contributed by atoms with Gasteiger partial charge in [0.1, 0.15) is 12.6 Å². The van der Waals surface area contributed by atoms with E-state index in [1.165, 1.54) is 4.90 Å². The molecule has 2 amide bonds. The minimum atomic E-state index is -3.72. The van der Waals surface area contributed by atoms with Crippen LogP contribution in [0.25, 0.3) is 0 Å². The van der Waals surface area contributed by atoms with Gasteiger partial charge < -0.3 is 10.2 Å². The Morgan fingerprint density at radius 3 is 2.06 bits per heavy atom. The standard InChI is InChI=1S/C27H39N3O4S/c1-6-21(4)28-27(32)25(8-3)29(19-18-23-12-10-9-11-13-23)26(31)20-30(35(5,33)34)24-16-14-22(7-2)15-17-24/h9-17,21,25H,6-8,18-20H2,1-5H3,(H,28,32)/t21-,25-/m1/s1. The van der Waals surface area contributed by atoms with E-state index in [0.29, 0.717) is 25.1 Å². The fraction of sp³-hybridized carbons (Fsp3) is 0.481. The number of hydrogen-bond acceptors (Lipinski definition) is 4. The number of hydrogen-bond donors (Lipinski definition) is 1. The van der Waals surface area contributed by atoms with Gasteiger partial charge >= 0.3 is 0 Å². The number of aryl methyl sites for hydroxylation is 1. The maximum absolute atomic E-state index is 13.6. The number of sulfonamides is 1. The Morgan fingerprint density at radius 2 is 1.54 bits per heavy atom. The Balaban J connectivity index is 2.35. The SMILES string of the molecule is CCc1ccc(N(CC(=O)N(CCc2ccccc2)[C@H](CC)C(=O)N[C@H](C)CC)S(C)(=O)=O)cc1. The van der Waals surface area contributed by atoms with E-state index >= 15 is 0 Å². The van der Waals surface area contributed by atoms with Crippen LogP contribution >= 0.6 is 0 Å². The Labute approximate surface area is 210 Å². The Morgan fingerprint density at radius 1 is 0.914 bits per heavy atom. The predicted octanol–water partition coefficient (Wildman–Crippen LogP) is 3.78. The van der Waals surface area contributed by atoms with Gasteiger partial charge in [0, 0.05) is 12.6 Å². The molecular formula is C27H39N3O4S. The lowest BCUT2D eigenvalue weighted by Gasteiger charge is -2.33. The van der Waals surface area contributed by atoms with E-state index in [1.54, 1.807) is 12.1 Å². The fourth-order valence-electron chi connectivity index (χ4n) is 3.85. The number of nitrogens with one attached hydrogen (secondary N) is 1. The van der Waals surface area contributed by atoms with E-state index in [9.17, 15) is 18.0 Å². The van der Waals surface area contributed by atoms with E-state index in [1.807, 2.05) is 70.2 Å². The van der Waals surface area contributed by atoms with E-state index in [4.69, 9.17) is 0 Å². The third-order valence-electron chi connectivity index (χ3n) is 6.18. The van der Waals surface area contributed by atoms with E-state index < -0.39 is 22.0 Å². The average Bonchev–Trinajstić information content (AvgIpc) is 2.84. The van der Waals surface area contributed by atoms with Crippen molar-refractivity contribution in [3.63, 3.8) is 0 Å². The van der Waals surface area contributed by atoms with Crippen LogP contribution in [0.15, 0.2) is 54.6 Å². The zero-order chi connectivity index (χ0) is 26.0. The van der Waals surface area contributed by atoms with Crippen LogP contribution in [-0.4, -0.2) is 56.6 Å². The normalized spacial score (nSPS) is 13.1. The van der Waals surface area contributed by atoms with Gasteiger partial charge in [0.05, 0.1) is 11.9 Å². The summed E-state index contributed by atoms with van der Waals surface area (Å²) < 4.78 is 26.4. The summed E-state index contributed by atoms with van der Waals surface area (Å²) in [7, 11) is -3.72. The lowest BCUT2D eigenvalue weighted by molar-refractivity contribution is -0.139. The minimum absolute atomic E-state index is 0.0211. The monoisotopic (exact) mass is 501 g/mol. The highest BCUT2D eigenvalue weighted by Gasteiger charge is 2.31. The van der Waals surface area contributed by atoms with Crippen LogP contribution in [0, 0.1) is 0 Å². The summed E-state index contributed by atoms with van der Waals surface area (Å²) in [6, 6.07) is 16.2. The fourth-order valence-corrected chi connectivity index (χ4v) is 4.70. The van der Waals surface area contributed by atoms with Crippen LogP contribution in [0.3, 0.4) is 0 Å². The molecular weight excluding hydrogens is 462 g/mol. The summed E-state index contributed by atoms with van der Waals surface area (Å²) >= 11 is 0. The van der Waals surface area contributed by atoms with Crippen LogP contribution in [0.2, 0.25) is 0 Å². The lowest BCUT2D eigenvalue weighted by atomic mass is 10.1. The van der Waals surface area contributed by atoms with Gasteiger partial charge in [0.2, 0.25) is 21.8 Å². The smallest absolute Gasteiger partial charge is 0.244 e. The third kappa shape index (κ3) is 8.38. The van der Waals surface area contributed by atoms with E-state index in [0.717, 1.165) is 34.5 Å². The van der Waals surface area contributed by atoms with Crippen molar-refractivity contribution >= 4 is 27.5 Å². The van der Waals surface area contributed by atoms with Gasteiger partial charge in [0.15, 0.2) is 0 Å². The summed E-state index contributed by atoms with van der Waals surface area (Å²) in [5.74, 6) is -0.626. The minimum Gasteiger partial charge on any atom is -0.352 e. The van der Waals surface area contributed by atoms with E-state index in [2.05, 4.69) is 5.32 Å². The van der Waals surface area contributed by atoms with Crippen molar-refractivity contribution in [2.75, 3.05) is 23.7 Å². The summed E-state index contributed by atoms with van der Waals surface area (Å²) in [5, 5.41) is 2.98. The Bertz CT molecular complexity index is 1060. The highest BCUT2D eigenvalue weighted by atomic mass is 32.2. The summed E-state index contributed by atoms with van der Waals surface area (Å²) in [6.07, 6.45) is 3.68. The predicted molar refractivity (Wildman–Crippen MR) is 142 cm³/mol. The largest absolute Gasteiger partial charge is 0.352 e. The van der Waals surface area contributed by atoms with Crippen molar-refractivity contribution in [2.45, 2.75) is 65.5 Å². The van der Waals surface area contributed by atoms with Gasteiger partial charge in [-0.15, -0.1) is 0 Å². The molecule has 2 aromatic rings. The molecule has 8 heteroatoms. The molecule has 7 nitrogen and oxygen atoms in total. The van der Waals surface area contributed by atoms with Gasteiger partial charge in [-0.05, 0) is 55.9 Å². The molecule has 192 valence electrons. The molecule has 0 saturated heterocycles. The molecule has 2 aromatic carbocycles. The highest BCUT2D eigenvalue weighted by Crippen LogP contribution is 2.20. The first-order valence-corrected chi connectivity index (χ1v) is 14.2. The van der Waals surface area contributed by atoms with Gasteiger partial charge in [-0.3, -0.25) is 13.9 Å². The maximum atomic E-state index is 13.6. The average molecular weight is 502 g/mol. The second kappa shape index (κ2) is 13.3.